The van der Waals surface area contributed by atoms with Crippen LogP contribution in [0.4, 0.5) is 0 Å². The standard InChI is InChI=1S/C19H26N2O3/c1-4-17(22)20-13-15-7-9-16(10-8-15)18(23)21-11-12-24-14-19(21,5-2)6-3/h4,7-10H,1,5-6,11-14H2,2-3H3,(H,20,22). The normalized spacial score (nSPS) is 16.5. The Bertz CT molecular complexity index is 591. The van der Waals surface area contributed by atoms with Crippen molar-refractivity contribution < 1.29 is 14.3 Å². The van der Waals surface area contributed by atoms with Gasteiger partial charge in [-0.2, -0.15) is 0 Å². The van der Waals surface area contributed by atoms with Crippen LogP contribution in [0.3, 0.4) is 0 Å². The Morgan fingerprint density at radius 1 is 1.29 bits per heavy atom. The maximum Gasteiger partial charge on any atom is 0.254 e. The second-order valence-corrected chi connectivity index (χ2v) is 6.06. The molecule has 0 unspecified atom stereocenters. The summed E-state index contributed by atoms with van der Waals surface area (Å²) < 4.78 is 5.63. The Balaban J connectivity index is 2.11. The average molecular weight is 330 g/mol. The molecule has 1 fully saturated rings. The van der Waals surface area contributed by atoms with Crippen LogP contribution in [0, 0.1) is 0 Å². The van der Waals surface area contributed by atoms with Gasteiger partial charge in [-0.1, -0.05) is 32.6 Å². The van der Waals surface area contributed by atoms with Crippen molar-refractivity contribution in [3.05, 3.63) is 48.0 Å². The highest BCUT2D eigenvalue weighted by Gasteiger charge is 2.39. The highest BCUT2D eigenvalue weighted by atomic mass is 16.5. The van der Waals surface area contributed by atoms with Gasteiger partial charge in [0.1, 0.15) is 0 Å². The van der Waals surface area contributed by atoms with Gasteiger partial charge in [0, 0.05) is 18.7 Å². The monoisotopic (exact) mass is 330 g/mol. The summed E-state index contributed by atoms with van der Waals surface area (Å²) in [4.78, 5) is 26.1. The number of hydrogen-bond acceptors (Lipinski definition) is 3. The van der Waals surface area contributed by atoms with Crippen molar-refractivity contribution in [2.75, 3.05) is 19.8 Å². The number of ether oxygens (including phenoxy) is 1. The summed E-state index contributed by atoms with van der Waals surface area (Å²) >= 11 is 0. The summed E-state index contributed by atoms with van der Waals surface area (Å²) in [6, 6.07) is 7.39. The molecule has 130 valence electrons. The third-order valence-electron chi connectivity index (χ3n) is 4.82. The third kappa shape index (κ3) is 3.85. The number of nitrogens with zero attached hydrogens (tertiary/aromatic N) is 1. The summed E-state index contributed by atoms with van der Waals surface area (Å²) in [5.41, 5.74) is 1.40. The molecule has 0 atom stereocenters. The summed E-state index contributed by atoms with van der Waals surface area (Å²) in [5.74, 6) is -0.164. The first-order valence-corrected chi connectivity index (χ1v) is 8.45. The molecule has 0 bridgehead atoms. The average Bonchev–Trinajstić information content (AvgIpc) is 2.65. The molecule has 1 saturated heterocycles. The van der Waals surface area contributed by atoms with Gasteiger partial charge in [0.2, 0.25) is 5.91 Å². The molecular weight excluding hydrogens is 304 g/mol. The van der Waals surface area contributed by atoms with Crippen LogP contribution in [0.15, 0.2) is 36.9 Å². The van der Waals surface area contributed by atoms with E-state index in [4.69, 9.17) is 4.74 Å². The Morgan fingerprint density at radius 2 is 1.96 bits per heavy atom. The smallest absolute Gasteiger partial charge is 0.254 e. The van der Waals surface area contributed by atoms with E-state index in [1.54, 1.807) is 0 Å². The van der Waals surface area contributed by atoms with E-state index in [0.717, 1.165) is 18.4 Å². The Labute approximate surface area is 143 Å². The lowest BCUT2D eigenvalue weighted by Crippen LogP contribution is -2.58. The fourth-order valence-electron chi connectivity index (χ4n) is 3.07. The highest BCUT2D eigenvalue weighted by molar-refractivity contribution is 5.95. The summed E-state index contributed by atoms with van der Waals surface area (Å²) in [7, 11) is 0. The largest absolute Gasteiger partial charge is 0.377 e. The lowest BCUT2D eigenvalue weighted by molar-refractivity contribution is -0.116. The second kappa shape index (κ2) is 8.11. The number of rotatable bonds is 6. The van der Waals surface area contributed by atoms with Crippen molar-refractivity contribution in [1.29, 1.82) is 0 Å². The van der Waals surface area contributed by atoms with Crippen LogP contribution in [-0.2, 0) is 16.1 Å². The first-order valence-electron chi connectivity index (χ1n) is 8.45. The van der Waals surface area contributed by atoms with Crippen molar-refractivity contribution in [2.24, 2.45) is 0 Å². The first-order chi connectivity index (χ1) is 11.6. The fraction of sp³-hybridized carbons (Fsp3) is 0.474. The van der Waals surface area contributed by atoms with E-state index >= 15 is 0 Å². The van der Waals surface area contributed by atoms with E-state index in [9.17, 15) is 9.59 Å². The van der Waals surface area contributed by atoms with E-state index in [1.165, 1.54) is 6.08 Å². The van der Waals surface area contributed by atoms with Crippen molar-refractivity contribution >= 4 is 11.8 Å². The highest BCUT2D eigenvalue weighted by Crippen LogP contribution is 2.29. The Kier molecular flexibility index (Phi) is 6.15. The molecule has 24 heavy (non-hydrogen) atoms. The van der Waals surface area contributed by atoms with Gasteiger partial charge in [-0.15, -0.1) is 0 Å². The van der Waals surface area contributed by atoms with Gasteiger partial charge >= 0.3 is 0 Å². The van der Waals surface area contributed by atoms with Gasteiger partial charge in [0.25, 0.3) is 5.91 Å². The summed E-state index contributed by atoms with van der Waals surface area (Å²) in [6.07, 6.45) is 2.99. The number of hydrogen-bond donors (Lipinski definition) is 1. The molecule has 5 nitrogen and oxygen atoms in total. The molecule has 1 heterocycles. The van der Waals surface area contributed by atoms with E-state index in [0.29, 0.717) is 31.9 Å². The minimum absolute atomic E-state index is 0.0451. The predicted molar refractivity (Wildman–Crippen MR) is 93.7 cm³/mol. The molecule has 1 aromatic carbocycles. The fourth-order valence-corrected chi connectivity index (χ4v) is 3.07. The molecule has 5 heteroatoms. The number of benzene rings is 1. The first kappa shape index (κ1) is 18.2. The van der Waals surface area contributed by atoms with E-state index in [2.05, 4.69) is 25.7 Å². The number of amides is 2. The topological polar surface area (TPSA) is 58.6 Å². The van der Waals surface area contributed by atoms with Gasteiger partial charge in [-0.05, 0) is 36.6 Å². The van der Waals surface area contributed by atoms with E-state index in [-0.39, 0.29) is 17.4 Å². The third-order valence-corrected chi connectivity index (χ3v) is 4.82. The van der Waals surface area contributed by atoms with E-state index < -0.39 is 0 Å². The maximum absolute atomic E-state index is 12.9. The molecule has 0 radical (unpaired) electrons. The van der Waals surface area contributed by atoms with Crippen LogP contribution in [0.5, 0.6) is 0 Å². The minimum atomic E-state index is -0.216. The van der Waals surface area contributed by atoms with Crippen LogP contribution < -0.4 is 5.32 Å². The molecular formula is C19H26N2O3. The molecule has 1 aromatic rings. The minimum Gasteiger partial charge on any atom is -0.377 e. The van der Waals surface area contributed by atoms with Crippen LogP contribution in [-0.4, -0.2) is 42.0 Å². The number of nitrogens with one attached hydrogen (secondary N) is 1. The molecule has 1 N–H and O–H groups in total. The van der Waals surface area contributed by atoms with Gasteiger partial charge in [0.15, 0.2) is 0 Å². The van der Waals surface area contributed by atoms with Gasteiger partial charge in [0.05, 0.1) is 18.8 Å². The van der Waals surface area contributed by atoms with Gasteiger partial charge < -0.3 is 15.0 Å². The van der Waals surface area contributed by atoms with Crippen molar-refractivity contribution in [2.45, 2.75) is 38.8 Å². The van der Waals surface area contributed by atoms with Crippen molar-refractivity contribution in [1.82, 2.24) is 10.2 Å². The molecule has 1 aliphatic rings. The SMILES string of the molecule is C=CC(=O)NCc1ccc(C(=O)N2CCOCC2(CC)CC)cc1. The van der Waals surface area contributed by atoms with Crippen LogP contribution in [0.2, 0.25) is 0 Å². The van der Waals surface area contributed by atoms with Gasteiger partial charge in [-0.25, -0.2) is 0 Å². The molecule has 2 amide bonds. The zero-order valence-corrected chi connectivity index (χ0v) is 14.5. The van der Waals surface area contributed by atoms with Crippen LogP contribution in [0.1, 0.15) is 42.6 Å². The Morgan fingerprint density at radius 3 is 2.54 bits per heavy atom. The van der Waals surface area contributed by atoms with Crippen molar-refractivity contribution in [3.63, 3.8) is 0 Å². The zero-order chi connectivity index (χ0) is 17.6. The lowest BCUT2D eigenvalue weighted by Gasteiger charge is -2.46. The lowest BCUT2D eigenvalue weighted by atomic mass is 9.89. The Hall–Kier alpha value is -2.14. The summed E-state index contributed by atoms with van der Waals surface area (Å²) in [5, 5.41) is 2.72. The molecule has 1 aliphatic heterocycles. The molecule has 0 aliphatic carbocycles. The van der Waals surface area contributed by atoms with Crippen LogP contribution in [0.25, 0.3) is 0 Å². The second-order valence-electron chi connectivity index (χ2n) is 6.06. The van der Waals surface area contributed by atoms with E-state index in [1.807, 2.05) is 29.2 Å². The quantitative estimate of drug-likeness (QED) is 0.816. The number of carbonyl (C=O) groups excluding carboxylic acids is 2. The zero-order valence-electron chi connectivity index (χ0n) is 14.5. The molecule has 0 aromatic heterocycles. The molecule has 0 saturated carbocycles. The number of morpholine rings is 1. The van der Waals surface area contributed by atoms with Gasteiger partial charge in [-0.3, -0.25) is 9.59 Å². The maximum atomic E-state index is 12.9. The molecule has 2 rings (SSSR count). The van der Waals surface area contributed by atoms with Crippen LogP contribution >= 0.6 is 0 Å². The predicted octanol–water partition coefficient (Wildman–Crippen LogP) is 2.52. The van der Waals surface area contributed by atoms with Crippen molar-refractivity contribution in [3.8, 4) is 0 Å². The summed E-state index contributed by atoms with van der Waals surface area (Å²) in [6.45, 7) is 9.84. The number of carbonyl (C=O) groups is 2. The molecule has 0 spiro atoms.